The Kier molecular flexibility index (Phi) is 5.63. The topological polar surface area (TPSA) is 41.1 Å². The van der Waals surface area contributed by atoms with E-state index in [1.165, 1.54) is 12.1 Å². The second kappa shape index (κ2) is 7.01. The summed E-state index contributed by atoms with van der Waals surface area (Å²) in [4.78, 5) is 11.5. The van der Waals surface area contributed by atoms with Crippen LogP contribution >= 0.6 is 0 Å². The number of rotatable bonds is 6. The lowest BCUT2D eigenvalue weighted by Crippen LogP contribution is -2.29. The summed E-state index contributed by atoms with van der Waals surface area (Å²) in [5.74, 6) is -0.262. The Hall–Kier alpha value is -1.42. The zero-order valence-electron chi connectivity index (χ0n) is 10.3. The van der Waals surface area contributed by atoms with Crippen molar-refractivity contribution in [1.82, 2.24) is 10.6 Å². The zero-order chi connectivity index (χ0) is 12.7. The average molecular weight is 238 g/mol. The standard InChI is InChI=1S/C13H19FN2O/c1-3-15-9-8-13(17)16-10(2)11-4-6-12(14)7-5-11/h4-7,10,15H,3,8-9H2,1-2H3,(H,16,17)/t10-/m0/s1. The van der Waals surface area contributed by atoms with Gasteiger partial charge in [-0.3, -0.25) is 4.79 Å². The van der Waals surface area contributed by atoms with Crippen LogP contribution in [0.4, 0.5) is 4.39 Å². The van der Waals surface area contributed by atoms with Gasteiger partial charge in [0.2, 0.25) is 5.91 Å². The molecule has 94 valence electrons. The van der Waals surface area contributed by atoms with Crippen molar-refractivity contribution in [3.63, 3.8) is 0 Å². The fourth-order valence-corrected chi connectivity index (χ4v) is 1.53. The monoisotopic (exact) mass is 238 g/mol. The summed E-state index contributed by atoms with van der Waals surface area (Å²) < 4.78 is 12.7. The van der Waals surface area contributed by atoms with Crippen LogP contribution in [0.2, 0.25) is 0 Å². The lowest BCUT2D eigenvalue weighted by atomic mass is 10.1. The molecule has 1 aromatic rings. The third-order valence-electron chi connectivity index (χ3n) is 2.53. The maximum absolute atomic E-state index is 12.7. The van der Waals surface area contributed by atoms with Gasteiger partial charge in [0.25, 0.3) is 0 Å². The van der Waals surface area contributed by atoms with E-state index in [1.807, 2.05) is 13.8 Å². The van der Waals surface area contributed by atoms with Crippen LogP contribution in [0.3, 0.4) is 0 Å². The smallest absolute Gasteiger partial charge is 0.221 e. The van der Waals surface area contributed by atoms with Gasteiger partial charge >= 0.3 is 0 Å². The summed E-state index contributed by atoms with van der Waals surface area (Å²) in [6.07, 6.45) is 0.458. The van der Waals surface area contributed by atoms with E-state index in [2.05, 4.69) is 10.6 Å². The van der Waals surface area contributed by atoms with Crippen molar-refractivity contribution in [2.75, 3.05) is 13.1 Å². The molecule has 2 N–H and O–H groups in total. The average Bonchev–Trinajstić information content (AvgIpc) is 2.30. The molecule has 0 spiro atoms. The second-order valence-electron chi connectivity index (χ2n) is 3.94. The minimum absolute atomic E-state index is 0.00257. The van der Waals surface area contributed by atoms with Crippen LogP contribution in [0.1, 0.15) is 31.9 Å². The summed E-state index contributed by atoms with van der Waals surface area (Å²) in [6.45, 7) is 5.43. The van der Waals surface area contributed by atoms with Gasteiger partial charge in [-0.15, -0.1) is 0 Å². The molecular formula is C13H19FN2O. The molecule has 4 heteroatoms. The van der Waals surface area contributed by atoms with Crippen LogP contribution in [0, 0.1) is 5.82 Å². The molecule has 0 saturated carbocycles. The molecule has 1 rings (SSSR count). The van der Waals surface area contributed by atoms with Gasteiger partial charge in [-0.05, 0) is 31.2 Å². The van der Waals surface area contributed by atoms with E-state index in [4.69, 9.17) is 0 Å². The van der Waals surface area contributed by atoms with E-state index in [0.717, 1.165) is 12.1 Å². The first-order valence-electron chi connectivity index (χ1n) is 5.89. The van der Waals surface area contributed by atoms with Crippen molar-refractivity contribution in [1.29, 1.82) is 0 Å². The predicted octanol–water partition coefficient (Wildman–Crippen LogP) is 2.00. The lowest BCUT2D eigenvalue weighted by molar-refractivity contribution is -0.121. The molecule has 0 bridgehead atoms. The molecule has 0 heterocycles. The Morgan fingerprint density at radius 1 is 1.35 bits per heavy atom. The number of amides is 1. The van der Waals surface area contributed by atoms with Crippen molar-refractivity contribution >= 4 is 5.91 Å². The van der Waals surface area contributed by atoms with Crippen molar-refractivity contribution in [2.24, 2.45) is 0 Å². The third kappa shape index (κ3) is 4.95. The van der Waals surface area contributed by atoms with Gasteiger partial charge in [0.1, 0.15) is 5.82 Å². The van der Waals surface area contributed by atoms with Gasteiger partial charge in [-0.2, -0.15) is 0 Å². The van der Waals surface area contributed by atoms with Gasteiger partial charge in [-0.1, -0.05) is 19.1 Å². The Bertz CT molecular complexity index is 351. The van der Waals surface area contributed by atoms with E-state index in [9.17, 15) is 9.18 Å². The SMILES string of the molecule is CCNCCC(=O)N[C@@H](C)c1ccc(F)cc1. The summed E-state index contributed by atoms with van der Waals surface area (Å²) in [5.41, 5.74) is 0.906. The quantitative estimate of drug-likeness (QED) is 0.744. The fourth-order valence-electron chi connectivity index (χ4n) is 1.53. The number of halogens is 1. The molecule has 3 nitrogen and oxygen atoms in total. The van der Waals surface area contributed by atoms with Crippen LogP contribution in [0.5, 0.6) is 0 Å². The highest BCUT2D eigenvalue weighted by molar-refractivity contribution is 5.76. The summed E-state index contributed by atoms with van der Waals surface area (Å²) in [5, 5.41) is 5.96. The maximum Gasteiger partial charge on any atom is 0.221 e. The van der Waals surface area contributed by atoms with Crippen LogP contribution in [-0.4, -0.2) is 19.0 Å². The van der Waals surface area contributed by atoms with Crippen molar-refractivity contribution in [3.8, 4) is 0 Å². The Morgan fingerprint density at radius 2 is 2.00 bits per heavy atom. The highest BCUT2D eigenvalue weighted by atomic mass is 19.1. The number of hydrogen-bond donors (Lipinski definition) is 2. The molecule has 17 heavy (non-hydrogen) atoms. The Balaban J connectivity index is 2.40. The van der Waals surface area contributed by atoms with E-state index >= 15 is 0 Å². The molecule has 1 aromatic carbocycles. The minimum atomic E-state index is -0.264. The number of carbonyl (C=O) groups excluding carboxylic acids is 1. The van der Waals surface area contributed by atoms with Gasteiger partial charge < -0.3 is 10.6 Å². The molecule has 1 amide bonds. The lowest BCUT2D eigenvalue weighted by Gasteiger charge is -2.14. The Morgan fingerprint density at radius 3 is 2.59 bits per heavy atom. The zero-order valence-corrected chi connectivity index (χ0v) is 10.3. The molecule has 1 atom stereocenters. The Labute approximate surface area is 101 Å². The van der Waals surface area contributed by atoms with Crippen LogP contribution in [0.15, 0.2) is 24.3 Å². The number of carbonyl (C=O) groups is 1. The molecule has 0 aliphatic heterocycles. The van der Waals surface area contributed by atoms with Crippen molar-refractivity contribution < 1.29 is 9.18 Å². The van der Waals surface area contributed by atoms with Crippen LogP contribution in [-0.2, 0) is 4.79 Å². The number of nitrogens with one attached hydrogen (secondary N) is 2. The largest absolute Gasteiger partial charge is 0.350 e. The molecule has 0 radical (unpaired) electrons. The van der Waals surface area contributed by atoms with E-state index in [-0.39, 0.29) is 17.8 Å². The van der Waals surface area contributed by atoms with Crippen LogP contribution in [0.25, 0.3) is 0 Å². The second-order valence-corrected chi connectivity index (χ2v) is 3.94. The van der Waals surface area contributed by atoms with E-state index < -0.39 is 0 Å². The maximum atomic E-state index is 12.7. The molecule has 0 aliphatic rings. The first-order valence-corrected chi connectivity index (χ1v) is 5.89. The van der Waals surface area contributed by atoms with Crippen molar-refractivity contribution in [2.45, 2.75) is 26.3 Å². The third-order valence-corrected chi connectivity index (χ3v) is 2.53. The summed E-state index contributed by atoms with van der Waals surface area (Å²) >= 11 is 0. The molecule has 0 aromatic heterocycles. The first-order chi connectivity index (χ1) is 8.13. The molecule has 0 unspecified atom stereocenters. The first kappa shape index (κ1) is 13.6. The van der Waals surface area contributed by atoms with Gasteiger partial charge in [0, 0.05) is 13.0 Å². The molecule has 0 fully saturated rings. The van der Waals surface area contributed by atoms with Gasteiger partial charge in [0.05, 0.1) is 6.04 Å². The molecule has 0 aliphatic carbocycles. The highest BCUT2D eigenvalue weighted by Crippen LogP contribution is 2.12. The normalized spacial score (nSPS) is 12.2. The molecule has 0 saturated heterocycles. The van der Waals surface area contributed by atoms with Gasteiger partial charge in [0.15, 0.2) is 0 Å². The molecular weight excluding hydrogens is 219 g/mol. The highest BCUT2D eigenvalue weighted by Gasteiger charge is 2.08. The predicted molar refractivity (Wildman–Crippen MR) is 66.1 cm³/mol. The summed E-state index contributed by atoms with van der Waals surface area (Å²) in [6, 6.07) is 6.08. The van der Waals surface area contributed by atoms with E-state index in [1.54, 1.807) is 12.1 Å². The number of hydrogen-bond acceptors (Lipinski definition) is 2. The minimum Gasteiger partial charge on any atom is -0.350 e. The van der Waals surface area contributed by atoms with Gasteiger partial charge in [-0.25, -0.2) is 4.39 Å². The van der Waals surface area contributed by atoms with Crippen LogP contribution < -0.4 is 10.6 Å². The van der Waals surface area contributed by atoms with E-state index in [0.29, 0.717) is 13.0 Å². The fraction of sp³-hybridized carbons (Fsp3) is 0.462. The summed E-state index contributed by atoms with van der Waals surface area (Å²) in [7, 11) is 0. The van der Waals surface area contributed by atoms with Crippen molar-refractivity contribution in [3.05, 3.63) is 35.6 Å². The number of benzene rings is 1.